The first kappa shape index (κ1) is 16.6. The highest BCUT2D eigenvalue weighted by molar-refractivity contribution is 7.20. The number of hydrogen-bond donors (Lipinski definition) is 0. The molecule has 0 fully saturated rings. The molecule has 0 aliphatic carbocycles. The van der Waals surface area contributed by atoms with Crippen molar-refractivity contribution in [1.82, 2.24) is 0 Å². The molecule has 0 radical (unpaired) electrons. The van der Waals surface area contributed by atoms with E-state index in [-0.39, 0.29) is 0 Å². The molecule has 4 aromatic carbocycles. The SMILES string of the molecule is Clc1ccc(-c2c(Cc3ccccc3)sc3c2ccc2ccccc23)cc1. The van der Waals surface area contributed by atoms with E-state index in [2.05, 4.69) is 78.9 Å². The van der Waals surface area contributed by atoms with Crippen molar-refractivity contribution in [3.05, 3.63) is 106 Å². The molecule has 0 nitrogen and oxygen atoms in total. The molecule has 2 heteroatoms. The summed E-state index contributed by atoms with van der Waals surface area (Å²) < 4.78 is 1.36. The van der Waals surface area contributed by atoms with Crippen LogP contribution in [0.5, 0.6) is 0 Å². The zero-order valence-corrected chi connectivity index (χ0v) is 16.2. The molecule has 0 spiro atoms. The van der Waals surface area contributed by atoms with Crippen molar-refractivity contribution in [3.8, 4) is 11.1 Å². The monoisotopic (exact) mass is 384 g/mol. The standard InChI is InChI=1S/C25H17ClS/c26-20-13-10-19(11-14-20)24-22-15-12-18-8-4-5-9-21(18)25(22)27-23(24)16-17-6-2-1-3-7-17/h1-15H,16H2. The van der Waals surface area contributed by atoms with Gasteiger partial charge >= 0.3 is 0 Å². The third-order valence-corrected chi connectivity index (χ3v) is 6.48. The van der Waals surface area contributed by atoms with Crippen LogP contribution in [0.4, 0.5) is 0 Å². The van der Waals surface area contributed by atoms with E-state index in [4.69, 9.17) is 11.6 Å². The van der Waals surface area contributed by atoms with Gasteiger partial charge in [0.15, 0.2) is 0 Å². The summed E-state index contributed by atoms with van der Waals surface area (Å²) in [5, 5.41) is 4.72. The molecular formula is C25H17ClS. The molecule has 0 saturated heterocycles. The summed E-state index contributed by atoms with van der Waals surface area (Å²) >= 11 is 8.06. The van der Waals surface area contributed by atoms with Crippen LogP contribution < -0.4 is 0 Å². The Morgan fingerprint density at radius 3 is 2.22 bits per heavy atom. The minimum Gasteiger partial charge on any atom is -0.139 e. The topological polar surface area (TPSA) is 0 Å². The predicted octanol–water partition coefficient (Wildman–Crippen LogP) is 7.97. The highest BCUT2D eigenvalue weighted by Gasteiger charge is 2.16. The summed E-state index contributed by atoms with van der Waals surface area (Å²) in [5.74, 6) is 0. The van der Waals surface area contributed by atoms with Crippen molar-refractivity contribution in [2.75, 3.05) is 0 Å². The summed E-state index contributed by atoms with van der Waals surface area (Å²) in [6.07, 6.45) is 0.937. The quantitative estimate of drug-likeness (QED) is 0.296. The molecule has 0 atom stereocenters. The van der Waals surface area contributed by atoms with E-state index < -0.39 is 0 Å². The van der Waals surface area contributed by atoms with Crippen LogP contribution in [-0.2, 0) is 6.42 Å². The van der Waals surface area contributed by atoms with Gasteiger partial charge in [-0.3, -0.25) is 0 Å². The first-order chi connectivity index (χ1) is 13.3. The Bertz CT molecular complexity index is 1230. The predicted molar refractivity (Wildman–Crippen MR) is 119 cm³/mol. The van der Waals surface area contributed by atoms with Gasteiger partial charge in [0.1, 0.15) is 0 Å². The van der Waals surface area contributed by atoms with E-state index in [0.29, 0.717) is 0 Å². The average Bonchev–Trinajstić information content (AvgIpc) is 3.08. The van der Waals surface area contributed by atoms with Gasteiger partial charge in [-0.2, -0.15) is 0 Å². The number of halogens is 1. The highest BCUT2D eigenvalue weighted by atomic mass is 35.5. The minimum absolute atomic E-state index is 0.772. The Morgan fingerprint density at radius 2 is 1.41 bits per heavy atom. The highest BCUT2D eigenvalue weighted by Crippen LogP contribution is 2.43. The zero-order chi connectivity index (χ0) is 18.2. The summed E-state index contributed by atoms with van der Waals surface area (Å²) in [7, 11) is 0. The van der Waals surface area contributed by atoms with E-state index in [9.17, 15) is 0 Å². The van der Waals surface area contributed by atoms with Gasteiger partial charge in [-0.1, -0.05) is 90.5 Å². The summed E-state index contributed by atoms with van der Waals surface area (Å²) in [5.41, 5.74) is 3.90. The maximum absolute atomic E-state index is 6.14. The second-order valence-electron chi connectivity index (χ2n) is 6.73. The molecule has 1 aromatic heterocycles. The average molecular weight is 385 g/mol. The molecule has 0 saturated carbocycles. The van der Waals surface area contributed by atoms with Crippen molar-refractivity contribution in [3.63, 3.8) is 0 Å². The number of rotatable bonds is 3. The fourth-order valence-corrected chi connectivity index (χ4v) is 5.23. The molecule has 27 heavy (non-hydrogen) atoms. The van der Waals surface area contributed by atoms with Gasteiger partial charge in [0.05, 0.1) is 0 Å². The molecule has 5 rings (SSSR count). The van der Waals surface area contributed by atoms with Gasteiger partial charge in [-0.15, -0.1) is 11.3 Å². The van der Waals surface area contributed by atoms with Crippen molar-refractivity contribution < 1.29 is 0 Å². The van der Waals surface area contributed by atoms with Gasteiger partial charge < -0.3 is 0 Å². The van der Waals surface area contributed by atoms with Crippen LogP contribution in [0.15, 0.2) is 91.0 Å². The van der Waals surface area contributed by atoms with Crippen LogP contribution in [0.2, 0.25) is 5.02 Å². The lowest BCUT2D eigenvalue weighted by Crippen LogP contribution is -1.87. The molecular weight excluding hydrogens is 368 g/mol. The first-order valence-electron chi connectivity index (χ1n) is 9.02. The van der Waals surface area contributed by atoms with E-state index in [1.54, 1.807) is 0 Å². The maximum atomic E-state index is 6.14. The van der Waals surface area contributed by atoms with Gasteiger partial charge in [-0.25, -0.2) is 0 Å². The van der Waals surface area contributed by atoms with Crippen LogP contribution in [-0.4, -0.2) is 0 Å². The normalized spacial score (nSPS) is 11.3. The molecule has 0 N–H and O–H groups in total. The zero-order valence-electron chi connectivity index (χ0n) is 14.7. The van der Waals surface area contributed by atoms with E-state index in [0.717, 1.165) is 11.4 Å². The second kappa shape index (κ2) is 6.84. The Balaban J connectivity index is 1.79. The molecule has 0 aliphatic heterocycles. The Hall–Kier alpha value is -2.61. The van der Waals surface area contributed by atoms with Crippen molar-refractivity contribution >= 4 is 43.8 Å². The number of fused-ring (bicyclic) bond motifs is 3. The van der Waals surface area contributed by atoms with Gasteiger partial charge in [-0.05, 0) is 34.0 Å². The molecule has 5 aromatic rings. The lowest BCUT2D eigenvalue weighted by atomic mass is 9.97. The van der Waals surface area contributed by atoms with Crippen molar-refractivity contribution in [1.29, 1.82) is 0 Å². The minimum atomic E-state index is 0.772. The molecule has 0 aliphatic rings. The summed E-state index contributed by atoms with van der Waals surface area (Å²) in [6, 6.07) is 32.1. The maximum Gasteiger partial charge on any atom is 0.0430 e. The Kier molecular flexibility index (Phi) is 4.20. The molecule has 0 amide bonds. The smallest absolute Gasteiger partial charge is 0.0430 e. The van der Waals surface area contributed by atoms with Crippen LogP contribution in [0.3, 0.4) is 0 Å². The van der Waals surface area contributed by atoms with E-state index in [1.165, 1.54) is 42.4 Å². The van der Waals surface area contributed by atoms with E-state index >= 15 is 0 Å². The first-order valence-corrected chi connectivity index (χ1v) is 10.2. The van der Waals surface area contributed by atoms with E-state index in [1.807, 2.05) is 23.5 Å². The third kappa shape index (κ3) is 3.03. The van der Waals surface area contributed by atoms with Gasteiger partial charge in [0, 0.05) is 32.0 Å². The van der Waals surface area contributed by atoms with Gasteiger partial charge in [0.2, 0.25) is 0 Å². The largest absolute Gasteiger partial charge is 0.139 e. The van der Waals surface area contributed by atoms with Crippen molar-refractivity contribution in [2.45, 2.75) is 6.42 Å². The molecule has 0 unspecified atom stereocenters. The second-order valence-corrected chi connectivity index (χ2v) is 8.27. The fraction of sp³-hybridized carbons (Fsp3) is 0.0400. The van der Waals surface area contributed by atoms with Gasteiger partial charge in [0.25, 0.3) is 0 Å². The lowest BCUT2D eigenvalue weighted by molar-refractivity contribution is 1.24. The van der Waals surface area contributed by atoms with Crippen molar-refractivity contribution in [2.24, 2.45) is 0 Å². The van der Waals surface area contributed by atoms with Crippen LogP contribution in [0.25, 0.3) is 32.0 Å². The summed E-state index contributed by atoms with van der Waals surface area (Å²) in [6.45, 7) is 0. The Labute approximate surface area is 167 Å². The summed E-state index contributed by atoms with van der Waals surface area (Å²) in [4.78, 5) is 1.40. The number of thiophene rings is 1. The number of benzene rings is 4. The Morgan fingerprint density at radius 1 is 0.667 bits per heavy atom. The molecule has 1 heterocycles. The third-order valence-electron chi connectivity index (χ3n) is 4.99. The lowest BCUT2D eigenvalue weighted by Gasteiger charge is -2.06. The molecule has 130 valence electrons. The number of hydrogen-bond acceptors (Lipinski definition) is 1. The molecule has 0 bridgehead atoms. The fourth-order valence-electron chi connectivity index (χ4n) is 3.71. The van der Waals surface area contributed by atoms with Crippen LogP contribution in [0.1, 0.15) is 10.4 Å². The van der Waals surface area contributed by atoms with Crippen LogP contribution in [0, 0.1) is 0 Å². The van der Waals surface area contributed by atoms with Crippen LogP contribution >= 0.6 is 22.9 Å².